The molecule has 0 atom stereocenters. The van der Waals surface area contributed by atoms with Crippen LogP contribution in [0.1, 0.15) is 16.1 Å². The molecule has 2 aliphatic rings. The van der Waals surface area contributed by atoms with Crippen LogP contribution in [0.5, 0.6) is 0 Å². The van der Waals surface area contributed by atoms with Crippen molar-refractivity contribution < 1.29 is 18.3 Å². The molecule has 4 aromatic rings. The molecule has 6 rings (SSSR count). The molecule has 202 valence electrons. The fraction of sp³-hybridized carbons (Fsp3) is 0.333. The van der Waals surface area contributed by atoms with Crippen LogP contribution >= 0.6 is 0 Å². The Kier molecular flexibility index (Phi) is 7.14. The van der Waals surface area contributed by atoms with Gasteiger partial charge in [-0.2, -0.15) is 4.98 Å². The Balaban J connectivity index is 1.24. The summed E-state index contributed by atoms with van der Waals surface area (Å²) in [7, 11) is 0. The molecule has 0 saturated carbocycles. The second-order valence-electron chi connectivity index (χ2n) is 9.53. The van der Waals surface area contributed by atoms with Crippen LogP contribution in [-0.2, 0) is 11.3 Å². The van der Waals surface area contributed by atoms with Gasteiger partial charge in [0.1, 0.15) is 23.0 Å². The van der Waals surface area contributed by atoms with E-state index < -0.39 is 11.6 Å². The number of benzene rings is 1. The lowest BCUT2D eigenvalue weighted by Gasteiger charge is -2.27. The first-order chi connectivity index (χ1) is 19.0. The molecule has 10 nitrogen and oxygen atoms in total. The summed E-state index contributed by atoms with van der Waals surface area (Å²) in [5.74, 6) is -1.07. The van der Waals surface area contributed by atoms with Crippen molar-refractivity contribution in [2.24, 2.45) is 0 Å². The number of nitrogens with one attached hydrogen (secondary N) is 2. The van der Waals surface area contributed by atoms with Crippen molar-refractivity contribution in [3.63, 3.8) is 0 Å². The number of hydrogen-bond acceptors (Lipinski definition) is 8. The van der Waals surface area contributed by atoms with Crippen LogP contribution in [0.3, 0.4) is 0 Å². The Morgan fingerprint density at radius 3 is 2.56 bits per heavy atom. The second kappa shape index (κ2) is 11.0. The van der Waals surface area contributed by atoms with Gasteiger partial charge in [0.2, 0.25) is 5.95 Å². The number of hydrogen-bond donors (Lipinski definition) is 2. The minimum absolute atomic E-state index is 0.0398. The topological polar surface area (TPSA) is 100 Å². The number of carbonyl (C=O) groups excluding carboxylic acids is 1. The van der Waals surface area contributed by atoms with Crippen LogP contribution in [0.4, 0.5) is 20.4 Å². The SMILES string of the molecule is O=C(c1cc(Nc2ncc3ccn(-c4cc(F)c(CN5CCOCC5)c(F)c4)c3n2)ccn1)N1CCNCC1. The molecule has 0 bridgehead atoms. The smallest absolute Gasteiger partial charge is 0.272 e. The zero-order chi connectivity index (χ0) is 26.8. The first kappa shape index (κ1) is 25.3. The number of nitrogens with zero attached hydrogens (tertiary/aromatic N) is 6. The number of piperazine rings is 1. The van der Waals surface area contributed by atoms with E-state index in [9.17, 15) is 4.79 Å². The van der Waals surface area contributed by atoms with Crippen molar-refractivity contribution >= 4 is 28.6 Å². The molecule has 0 aliphatic carbocycles. The Morgan fingerprint density at radius 1 is 1.03 bits per heavy atom. The molecular weight excluding hydrogens is 506 g/mol. The van der Waals surface area contributed by atoms with Crippen LogP contribution in [-0.4, -0.2) is 87.7 Å². The van der Waals surface area contributed by atoms with Gasteiger partial charge < -0.3 is 24.8 Å². The van der Waals surface area contributed by atoms with Gasteiger partial charge in [-0.1, -0.05) is 0 Å². The summed E-state index contributed by atoms with van der Waals surface area (Å²) in [6.45, 7) is 5.34. The molecular formula is C27H28F2N8O2. The lowest BCUT2D eigenvalue weighted by molar-refractivity contribution is 0.0332. The minimum Gasteiger partial charge on any atom is -0.379 e. The molecule has 39 heavy (non-hydrogen) atoms. The summed E-state index contributed by atoms with van der Waals surface area (Å²) < 4.78 is 37.1. The van der Waals surface area contributed by atoms with E-state index in [-0.39, 0.29) is 24.0 Å². The normalized spacial score (nSPS) is 16.5. The molecule has 3 aromatic heterocycles. The molecule has 1 aromatic carbocycles. The number of pyridine rings is 1. The van der Waals surface area contributed by atoms with E-state index in [0.29, 0.717) is 67.5 Å². The highest BCUT2D eigenvalue weighted by atomic mass is 19.1. The summed E-state index contributed by atoms with van der Waals surface area (Å²) in [4.78, 5) is 29.8. The van der Waals surface area contributed by atoms with E-state index in [0.717, 1.165) is 13.1 Å². The third-order valence-corrected chi connectivity index (χ3v) is 6.96. The molecule has 5 heterocycles. The highest BCUT2D eigenvalue weighted by molar-refractivity contribution is 5.93. The van der Waals surface area contributed by atoms with Crippen molar-refractivity contribution in [1.82, 2.24) is 34.6 Å². The van der Waals surface area contributed by atoms with Crippen LogP contribution in [0.2, 0.25) is 0 Å². The number of aromatic nitrogens is 4. The molecule has 0 unspecified atom stereocenters. The number of fused-ring (bicyclic) bond motifs is 1. The Bertz CT molecular complexity index is 1480. The summed E-state index contributed by atoms with van der Waals surface area (Å²) in [6, 6.07) is 7.82. The van der Waals surface area contributed by atoms with E-state index in [4.69, 9.17) is 4.74 Å². The summed E-state index contributed by atoms with van der Waals surface area (Å²) in [5, 5.41) is 7.05. The van der Waals surface area contributed by atoms with Gasteiger partial charge in [0, 0.05) is 81.0 Å². The largest absolute Gasteiger partial charge is 0.379 e. The number of halogens is 2. The second-order valence-corrected chi connectivity index (χ2v) is 9.53. The van der Waals surface area contributed by atoms with Crippen molar-refractivity contribution in [2.75, 3.05) is 57.8 Å². The summed E-state index contributed by atoms with van der Waals surface area (Å²) in [5.41, 5.74) is 1.78. The van der Waals surface area contributed by atoms with E-state index in [2.05, 4.69) is 25.6 Å². The number of morpholine rings is 1. The van der Waals surface area contributed by atoms with E-state index in [1.54, 1.807) is 46.3 Å². The predicted octanol–water partition coefficient (Wildman–Crippen LogP) is 2.71. The number of amides is 1. The molecule has 0 spiro atoms. The number of ether oxygens (including phenoxy) is 1. The van der Waals surface area contributed by atoms with Crippen molar-refractivity contribution in [3.05, 3.63) is 71.8 Å². The Morgan fingerprint density at radius 2 is 1.79 bits per heavy atom. The molecule has 0 radical (unpaired) electrons. The molecule has 12 heteroatoms. The third kappa shape index (κ3) is 5.44. The number of carbonyl (C=O) groups is 1. The summed E-state index contributed by atoms with van der Waals surface area (Å²) in [6.07, 6.45) is 4.90. The molecule has 2 saturated heterocycles. The lowest BCUT2D eigenvalue weighted by Crippen LogP contribution is -2.46. The monoisotopic (exact) mass is 534 g/mol. The van der Waals surface area contributed by atoms with E-state index >= 15 is 8.78 Å². The van der Waals surface area contributed by atoms with Gasteiger partial charge in [0.05, 0.1) is 18.9 Å². The minimum atomic E-state index is -0.607. The fourth-order valence-corrected chi connectivity index (χ4v) is 4.83. The van der Waals surface area contributed by atoms with Crippen LogP contribution < -0.4 is 10.6 Å². The molecule has 2 N–H and O–H groups in total. The average Bonchev–Trinajstić information content (AvgIpc) is 3.39. The molecule has 2 fully saturated rings. The maximum atomic E-state index is 15.1. The van der Waals surface area contributed by atoms with Gasteiger partial charge >= 0.3 is 0 Å². The highest BCUT2D eigenvalue weighted by Crippen LogP contribution is 2.25. The van der Waals surface area contributed by atoms with Crippen molar-refractivity contribution in [2.45, 2.75) is 6.54 Å². The van der Waals surface area contributed by atoms with Gasteiger partial charge in [-0.15, -0.1) is 0 Å². The van der Waals surface area contributed by atoms with Crippen molar-refractivity contribution in [1.29, 1.82) is 0 Å². The number of anilines is 2. The highest BCUT2D eigenvalue weighted by Gasteiger charge is 2.20. The molecule has 1 amide bonds. The zero-order valence-electron chi connectivity index (χ0n) is 21.2. The van der Waals surface area contributed by atoms with E-state index in [1.165, 1.54) is 12.1 Å². The van der Waals surface area contributed by atoms with Gasteiger partial charge in [-0.05, 0) is 30.3 Å². The average molecular weight is 535 g/mol. The first-order valence-corrected chi connectivity index (χ1v) is 12.9. The first-order valence-electron chi connectivity index (χ1n) is 12.9. The molecule has 2 aliphatic heterocycles. The zero-order valence-corrected chi connectivity index (χ0v) is 21.2. The van der Waals surface area contributed by atoms with Crippen molar-refractivity contribution in [3.8, 4) is 5.69 Å². The Hall–Kier alpha value is -4.00. The predicted molar refractivity (Wildman–Crippen MR) is 141 cm³/mol. The fourth-order valence-electron chi connectivity index (χ4n) is 4.83. The Labute approximate surface area is 223 Å². The third-order valence-electron chi connectivity index (χ3n) is 6.96. The van der Waals surface area contributed by atoms with Crippen LogP contribution in [0, 0.1) is 11.6 Å². The number of rotatable bonds is 6. The van der Waals surface area contributed by atoms with E-state index in [1.807, 2.05) is 4.90 Å². The van der Waals surface area contributed by atoms with Gasteiger partial charge in [-0.25, -0.2) is 13.8 Å². The quantitative estimate of drug-likeness (QED) is 0.390. The van der Waals surface area contributed by atoms with Gasteiger partial charge in [0.15, 0.2) is 0 Å². The maximum Gasteiger partial charge on any atom is 0.272 e. The maximum absolute atomic E-state index is 15.1. The van der Waals surface area contributed by atoms with Gasteiger partial charge in [0.25, 0.3) is 5.91 Å². The van der Waals surface area contributed by atoms with Crippen LogP contribution in [0.25, 0.3) is 16.7 Å². The van der Waals surface area contributed by atoms with Gasteiger partial charge in [-0.3, -0.25) is 14.7 Å². The summed E-state index contributed by atoms with van der Waals surface area (Å²) >= 11 is 0. The standard InChI is InChI=1S/C27H28F2N8O2/c28-22-14-20(15-23(29)21(22)17-35-9-11-39-12-10-35)37-6-2-18-16-32-27(34-25(18)37)33-19-1-3-31-24(13-19)26(38)36-7-4-30-5-8-36/h1-3,6,13-16,30H,4-5,7-12,17H2,(H,31,32,33,34). The lowest BCUT2D eigenvalue weighted by atomic mass is 10.1. The van der Waals surface area contributed by atoms with Crippen LogP contribution in [0.15, 0.2) is 48.9 Å².